The van der Waals surface area contributed by atoms with E-state index in [4.69, 9.17) is 0 Å². The van der Waals surface area contributed by atoms with Crippen LogP contribution >= 0.6 is 0 Å². The standard InChI is InChI=1S/C30H46O3/c1-19(2)9-8-10-20(26(32)33)21-13-17-30(7)23-11-12-24-27(3,4)25(31)15-16-28(24,5)22(23)14-18-29(21,30)6/h9,20-21,24H,8,10-18H2,1-7H3,(H,32,33)/t20-,21+,24+,28+,29-,30+/m1/s1. The third-order valence-corrected chi connectivity index (χ3v) is 11.4. The number of ketones is 1. The summed E-state index contributed by atoms with van der Waals surface area (Å²) in [6, 6.07) is 0. The molecule has 2 fully saturated rings. The van der Waals surface area contributed by atoms with Crippen LogP contribution in [0.15, 0.2) is 22.8 Å². The van der Waals surface area contributed by atoms with Crippen LogP contribution < -0.4 is 0 Å². The zero-order valence-electron chi connectivity index (χ0n) is 22.1. The number of hydrogen-bond donors (Lipinski definition) is 1. The van der Waals surface area contributed by atoms with Crippen molar-refractivity contribution in [1.29, 1.82) is 0 Å². The van der Waals surface area contributed by atoms with Gasteiger partial charge in [-0.1, -0.05) is 57.4 Å². The molecule has 0 bridgehead atoms. The number of hydrogen-bond acceptors (Lipinski definition) is 2. The highest BCUT2D eigenvalue weighted by Crippen LogP contribution is 2.72. The lowest BCUT2D eigenvalue weighted by Crippen LogP contribution is -2.54. The third kappa shape index (κ3) is 3.50. The first-order valence-corrected chi connectivity index (χ1v) is 13.4. The van der Waals surface area contributed by atoms with Gasteiger partial charge in [0.15, 0.2) is 0 Å². The van der Waals surface area contributed by atoms with Crippen molar-refractivity contribution < 1.29 is 14.7 Å². The van der Waals surface area contributed by atoms with Gasteiger partial charge in [0.25, 0.3) is 0 Å². The smallest absolute Gasteiger partial charge is 0.306 e. The molecule has 0 aromatic carbocycles. The number of carboxylic acid groups (broad SMARTS) is 1. The Morgan fingerprint density at radius 1 is 1.00 bits per heavy atom. The summed E-state index contributed by atoms with van der Waals surface area (Å²) >= 11 is 0. The molecule has 0 radical (unpaired) electrons. The molecule has 0 aromatic heterocycles. The first kappa shape index (κ1) is 24.7. The van der Waals surface area contributed by atoms with E-state index in [-0.39, 0.29) is 33.5 Å². The minimum atomic E-state index is -0.601. The summed E-state index contributed by atoms with van der Waals surface area (Å²) < 4.78 is 0. The van der Waals surface area contributed by atoms with Gasteiger partial charge in [-0.2, -0.15) is 0 Å². The molecule has 3 heteroatoms. The van der Waals surface area contributed by atoms with Gasteiger partial charge >= 0.3 is 5.97 Å². The van der Waals surface area contributed by atoms with E-state index in [9.17, 15) is 14.7 Å². The van der Waals surface area contributed by atoms with Crippen LogP contribution in [-0.4, -0.2) is 16.9 Å². The van der Waals surface area contributed by atoms with Crippen LogP contribution in [0, 0.1) is 39.4 Å². The van der Waals surface area contributed by atoms with Crippen LogP contribution in [0.3, 0.4) is 0 Å². The van der Waals surface area contributed by atoms with Crippen molar-refractivity contribution in [3.05, 3.63) is 22.8 Å². The minimum Gasteiger partial charge on any atom is -0.481 e. The summed E-state index contributed by atoms with van der Waals surface area (Å²) in [5.41, 5.74) is 4.63. The van der Waals surface area contributed by atoms with Crippen LogP contribution in [0.2, 0.25) is 0 Å². The lowest BCUT2D eigenvalue weighted by Gasteiger charge is -2.60. The molecule has 33 heavy (non-hydrogen) atoms. The zero-order chi connectivity index (χ0) is 24.4. The molecule has 0 aromatic rings. The number of Topliss-reactive ketones (excluding diaryl/α,β-unsaturated/α-hetero) is 1. The summed E-state index contributed by atoms with van der Waals surface area (Å²) in [4.78, 5) is 25.2. The van der Waals surface area contributed by atoms with Crippen LogP contribution in [0.25, 0.3) is 0 Å². The highest BCUT2D eigenvalue weighted by molar-refractivity contribution is 5.85. The normalized spacial score (nSPS) is 40.5. The van der Waals surface area contributed by atoms with Crippen molar-refractivity contribution in [1.82, 2.24) is 0 Å². The number of carboxylic acids is 1. The maximum Gasteiger partial charge on any atom is 0.306 e. The SMILES string of the molecule is CC(C)=CCC[C@@H](C(=O)O)[C@@H]1CC[C@@]2(C)C3=C(CC[C@]12C)[C@]1(C)CCC(=O)C(C)(C)[C@@H]1CC3. The Kier molecular flexibility index (Phi) is 6.07. The van der Waals surface area contributed by atoms with Crippen molar-refractivity contribution in [3.63, 3.8) is 0 Å². The molecule has 0 heterocycles. The Labute approximate surface area is 201 Å². The molecular weight excluding hydrogens is 408 g/mol. The molecule has 0 aliphatic heterocycles. The van der Waals surface area contributed by atoms with Crippen molar-refractivity contribution in [3.8, 4) is 0 Å². The van der Waals surface area contributed by atoms with E-state index in [0.29, 0.717) is 18.1 Å². The topological polar surface area (TPSA) is 54.4 Å². The fourth-order valence-electron chi connectivity index (χ4n) is 9.22. The summed E-state index contributed by atoms with van der Waals surface area (Å²) in [7, 11) is 0. The second-order valence-electron chi connectivity index (χ2n) is 13.3. The van der Waals surface area contributed by atoms with Gasteiger partial charge in [0.2, 0.25) is 0 Å². The number of rotatable bonds is 5. The van der Waals surface area contributed by atoms with E-state index in [0.717, 1.165) is 57.8 Å². The van der Waals surface area contributed by atoms with E-state index in [1.165, 1.54) is 5.57 Å². The molecule has 4 rings (SSSR count). The van der Waals surface area contributed by atoms with Crippen molar-refractivity contribution in [2.45, 2.75) is 113 Å². The second-order valence-corrected chi connectivity index (χ2v) is 13.3. The Hall–Kier alpha value is -1.38. The largest absolute Gasteiger partial charge is 0.481 e. The predicted octanol–water partition coefficient (Wildman–Crippen LogP) is 7.75. The lowest BCUT2D eigenvalue weighted by atomic mass is 9.43. The van der Waals surface area contributed by atoms with E-state index in [1.54, 1.807) is 11.1 Å². The van der Waals surface area contributed by atoms with Crippen molar-refractivity contribution in [2.75, 3.05) is 0 Å². The van der Waals surface area contributed by atoms with Gasteiger partial charge in [0.1, 0.15) is 5.78 Å². The van der Waals surface area contributed by atoms with E-state index in [2.05, 4.69) is 54.5 Å². The van der Waals surface area contributed by atoms with Crippen LogP contribution in [0.1, 0.15) is 113 Å². The van der Waals surface area contributed by atoms with E-state index >= 15 is 0 Å². The van der Waals surface area contributed by atoms with E-state index < -0.39 is 5.97 Å². The van der Waals surface area contributed by atoms with Crippen LogP contribution in [0.5, 0.6) is 0 Å². The maximum absolute atomic E-state index is 12.8. The highest BCUT2D eigenvalue weighted by atomic mass is 16.4. The second kappa shape index (κ2) is 8.09. The molecule has 0 amide bonds. The first-order chi connectivity index (χ1) is 15.3. The van der Waals surface area contributed by atoms with Crippen LogP contribution in [-0.2, 0) is 9.59 Å². The molecule has 2 saturated carbocycles. The molecule has 6 atom stereocenters. The van der Waals surface area contributed by atoms with Crippen LogP contribution in [0.4, 0.5) is 0 Å². The number of carbonyl (C=O) groups is 2. The van der Waals surface area contributed by atoms with Gasteiger partial charge in [-0.3, -0.25) is 9.59 Å². The maximum atomic E-state index is 12.8. The monoisotopic (exact) mass is 454 g/mol. The number of carbonyl (C=O) groups excluding carboxylic acids is 1. The molecule has 0 saturated heterocycles. The first-order valence-electron chi connectivity index (χ1n) is 13.4. The summed E-state index contributed by atoms with van der Waals surface area (Å²) in [6.45, 7) is 15.9. The minimum absolute atomic E-state index is 0.0447. The number of aliphatic carboxylic acids is 1. The Bertz CT molecular complexity index is 904. The van der Waals surface area contributed by atoms with Gasteiger partial charge in [0.05, 0.1) is 5.92 Å². The molecule has 1 N–H and O–H groups in total. The van der Waals surface area contributed by atoms with Gasteiger partial charge in [-0.05, 0) is 99.7 Å². The Morgan fingerprint density at radius 3 is 2.33 bits per heavy atom. The molecule has 0 unspecified atom stereocenters. The number of fused-ring (bicyclic) bond motifs is 4. The lowest BCUT2D eigenvalue weighted by molar-refractivity contribution is -0.146. The quantitative estimate of drug-likeness (QED) is 0.432. The summed E-state index contributed by atoms with van der Waals surface area (Å²) in [5, 5.41) is 10.2. The average Bonchev–Trinajstić information content (AvgIpc) is 3.00. The van der Waals surface area contributed by atoms with Gasteiger partial charge in [-0.15, -0.1) is 0 Å². The van der Waals surface area contributed by atoms with Gasteiger partial charge < -0.3 is 5.11 Å². The highest BCUT2D eigenvalue weighted by Gasteiger charge is 2.64. The van der Waals surface area contributed by atoms with Gasteiger partial charge in [-0.25, -0.2) is 0 Å². The molecule has 184 valence electrons. The number of allylic oxidation sites excluding steroid dienone is 4. The average molecular weight is 455 g/mol. The fraction of sp³-hybridized carbons (Fsp3) is 0.800. The third-order valence-electron chi connectivity index (χ3n) is 11.4. The summed E-state index contributed by atoms with van der Waals surface area (Å²) in [5.74, 6) is 0.270. The summed E-state index contributed by atoms with van der Waals surface area (Å²) in [6.07, 6.45) is 12.0. The molecule has 4 aliphatic rings. The molecule has 3 nitrogen and oxygen atoms in total. The van der Waals surface area contributed by atoms with E-state index in [1.807, 2.05) is 0 Å². The zero-order valence-corrected chi connectivity index (χ0v) is 22.1. The molecule has 0 spiro atoms. The molecule has 4 aliphatic carbocycles. The van der Waals surface area contributed by atoms with Crippen molar-refractivity contribution >= 4 is 11.8 Å². The van der Waals surface area contributed by atoms with Gasteiger partial charge in [0, 0.05) is 11.8 Å². The fourth-order valence-corrected chi connectivity index (χ4v) is 9.22. The van der Waals surface area contributed by atoms with Crippen molar-refractivity contribution in [2.24, 2.45) is 39.4 Å². The molecular formula is C30H46O3. The Balaban J connectivity index is 1.70. The Morgan fingerprint density at radius 2 is 1.70 bits per heavy atom. The predicted molar refractivity (Wildman–Crippen MR) is 134 cm³/mol.